The van der Waals surface area contributed by atoms with Gasteiger partial charge in [0.05, 0.1) is 7.11 Å². The number of nitrogens with one attached hydrogen (secondary N) is 2. The van der Waals surface area contributed by atoms with E-state index in [1.54, 1.807) is 43.0 Å². The first-order valence-electron chi connectivity index (χ1n) is 8.38. The van der Waals surface area contributed by atoms with Gasteiger partial charge in [-0.25, -0.2) is 4.98 Å². The molecule has 0 aliphatic heterocycles. The van der Waals surface area contributed by atoms with Crippen molar-refractivity contribution >= 4 is 34.0 Å². The lowest BCUT2D eigenvalue weighted by Gasteiger charge is -2.09. The molecule has 0 unspecified atom stereocenters. The Morgan fingerprint density at radius 1 is 1.07 bits per heavy atom. The van der Waals surface area contributed by atoms with Crippen molar-refractivity contribution in [3.63, 3.8) is 0 Å². The van der Waals surface area contributed by atoms with Crippen LogP contribution >= 0.6 is 11.3 Å². The molecule has 0 aliphatic rings. The lowest BCUT2D eigenvalue weighted by atomic mass is 10.1. The van der Waals surface area contributed by atoms with Crippen LogP contribution in [-0.4, -0.2) is 23.9 Å². The molecular formula is C20H19N3O3S. The van der Waals surface area contributed by atoms with Gasteiger partial charge in [0, 0.05) is 29.2 Å². The molecule has 0 saturated carbocycles. The predicted molar refractivity (Wildman–Crippen MR) is 106 cm³/mol. The van der Waals surface area contributed by atoms with Gasteiger partial charge in [-0.1, -0.05) is 18.2 Å². The molecule has 0 atom stereocenters. The number of thiazole rings is 1. The zero-order valence-electron chi connectivity index (χ0n) is 14.8. The SMILES string of the molecule is COc1ccccc1CCC(=O)Nc1ccc(C(=O)Nc2nccs2)cc1. The number of hydrogen-bond donors (Lipinski definition) is 2. The highest BCUT2D eigenvalue weighted by Crippen LogP contribution is 2.19. The van der Waals surface area contributed by atoms with E-state index < -0.39 is 0 Å². The summed E-state index contributed by atoms with van der Waals surface area (Å²) in [5.74, 6) is 0.445. The second-order valence-corrected chi connectivity index (χ2v) is 6.62. The van der Waals surface area contributed by atoms with Gasteiger partial charge in [-0.2, -0.15) is 0 Å². The number of carbonyl (C=O) groups excluding carboxylic acids is 2. The molecule has 0 spiro atoms. The molecule has 3 aromatic rings. The molecule has 3 rings (SSSR count). The third kappa shape index (κ3) is 5.15. The number of ether oxygens (including phenoxy) is 1. The Bertz CT molecular complexity index is 908. The minimum absolute atomic E-state index is 0.0964. The molecule has 2 N–H and O–H groups in total. The minimum Gasteiger partial charge on any atom is -0.496 e. The van der Waals surface area contributed by atoms with E-state index >= 15 is 0 Å². The van der Waals surface area contributed by atoms with Gasteiger partial charge in [0.25, 0.3) is 5.91 Å². The van der Waals surface area contributed by atoms with Crippen LogP contribution in [0.3, 0.4) is 0 Å². The number of aryl methyl sites for hydroxylation is 1. The number of anilines is 2. The summed E-state index contributed by atoms with van der Waals surface area (Å²) in [6.07, 6.45) is 2.56. The van der Waals surface area contributed by atoms with Crippen LogP contribution in [-0.2, 0) is 11.2 Å². The van der Waals surface area contributed by atoms with E-state index in [4.69, 9.17) is 4.74 Å². The summed E-state index contributed by atoms with van der Waals surface area (Å²) in [7, 11) is 1.62. The molecule has 0 radical (unpaired) electrons. The number of hydrogen-bond acceptors (Lipinski definition) is 5. The Balaban J connectivity index is 1.53. The normalized spacial score (nSPS) is 10.3. The number of nitrogens with zero attached hydrogens (tertiary/aromatic N) is 1. The van der Waals surface area contributed by atoms with Gasteiger partial charge in [0.15, 0.2) is 5.13 Å². The van der Waals surface area contributed by atoms with Crippen molar-refractivity contribution in [1.29, 1.82) is 0 Å². The largest absolute Gasteiger partial charge is 0.496 e. The molecule has 1 heterocycles. The van der Waals surface area contributed by atoms with Crippen molar-refractivity contribution in [2.24, 2.45) is 0 Å². The van der Waals surface area contributed by atoms with E-state index in [1.165, 1.54) is 11.3 Å². The first-order chi connectivity index (χ1) is 13.2. The quantitative estimate of drug-likeness (QED) is 0.649. The Labute approximate surface area is 161 Å². The van der Waals surface area contributed by atoms with Gasteiger partial charge in [-0.3, -0.25) is 14.9 Å². The Hall–Kier alpha value is -3.19. The summed E-state index contributed by atoms with van der Waals surface area (Å²) in [6.45, 7) is 0. The molecule has 27 heavy (non-hydrogen) atoms. The van der Waals surface area contributed by atoms with E-state index in [-0.39, 0.29) is 11.8 Å². The maximum atomic E-state index is 12.2. The number of para-hydroxylation sites is 1. The van der Waals surface area contributed by atoms with Crippen LogP contribution in [0.5, 0.6) is 5.75 Å². The van der Waals surface area contributed by atoms with E-state index in [1.807, 2.05) is 24.3 Å². The molecule has 6 nitrogen and oxygen atoms in total. The lowest BCUT2D eigenvalue weighted by Crippen LogP contribution is -2.14. The van der Waals surface area contributed by atoms with Gasteiger partial charge < -0.3 is 10.1 Å². The lowest BCUT2D eigenvalue weighted by molar-refractivity contribution is -0.116. The van der Waals surface area contributed by atoms with Crippen molar-refractivity contribution in [1.82, 2.24) is 4.98 Å². The fourth-order valence-electron chi connectivity index (χ4n) is 2.54. The summed E-state index contributed by atoms with van der Waals surface area (Å²) < 4.78 is 5.30. The van der Waals surface area contributed by atoms with Crippen molar-refractivity contribution < 1.29 is 14.3 Å². The maximum Gasteiger partial charge on any atom is 0.257 e. The highest BCUT2D eigenvalue weighted by atomic mass is 32.1. The standard InChI is InChI=1S/C20H19N3O3S/c1-26-17-5-3-2-4-14(17)8-11-18(24)22-16-9-6-15(7-10-16)19(25)23-20-21-12-13-27-20/h2-7,9-10,12-13H,8,11H2,1H3,(H,22,24)(H,21,23,25). The Morgan fingerprint density at radius 3 is 2.56 bits per heavy atom. The summed E-state index contributed by atoms with van der Waals surface area (Å²) in [6, 6.07) is 14.4. The minimum atomic E-state index is -0.237. The molecule has 2 aromatic carbocycles. The molecule has 0 bridgehead atoms. The Morgan fingerprint density at radius 2 is 1.85 bits per heavy atom. The third-order valence-corrected chi connectivity index (χ3v) is 4.59. The molecule has 138 valence electrons. The summed E-state index contributed by atoms with van der Waals surface area (Å²) in [5, 5.41) is 7.90. The number of carbonyl (C=O) groups is 2. The predicted octanol–water partition coefficient (Wildman–Crippen LogP) is 3.98. The number of methoxy groups -OCH3 is 1. The van der Waals surface area contributed by atoms with Gasteiger partial charge in [-0.15, -0.1) is 11.3 Å². The van der Waals surface area contributed by atoms with Crippen molar-refractivity contribution in [2.45, 2.75) is 12.8 Å². The van der Waals surface area contributed by atoms with Crippen molar-refractivity contribution in [2.75, 3.05) is 17.7 Å². The number of rotatable bonds is 7. The monoisotopic (exact) mass is 381 g/mol. The first-order valence-corrected chi connectivity index (χ1v) is 9.26. The molecule has 7 heteroatoms. The zero-order valence-corrected chi connectivity index (χ0v) is 15.6. The zero-order chi connectivity index (χ0) is 19.1. The number of benzene rings is 2. The Kier molecular flexibility index (Phi) is 6.17. The van der Waals surface area contributed by atoms with Crippen molar-refractivity contribution in [3.05, 3.63) is 71.2 Å². The van der Waals surface area contributed by atoms with Crippen LogP contribution in [0.2, 0.25) is 0 Å². The van der Waals surface area contributed by atoms with Gasteiger partial charge in [0.1, 0.15) is 5.75 Å². The van der Waals surface area contributed by atoms with Gasteiger partial charge in [0.2, 0.25) is 5.91 Å². The molecular weight excluding hydrogens is 362 g/mol. The fraction of sp³-hybridized carbons (Fsp3) is 0.150. The van der Waals surface area contributed by atoms with Crippen LogP contribution in [0.4, 0.5) is 10.8 Å². The van der Waals surface area contributed by atoms with Crippen LogP contribution in [0.1, 0.15) is 22.3 Å². The topological polar surface area (TPSA) is 80.3 Å². The summed E-state index contributed by atoms with van der Waals surface area (Å²) in [4.78, 5) is 28.3. The number of amides is 2. The van der Waals surface area contributed by atoms with Gasteiger partial charge in [-0.05, 0) is 42.3 Å². The van der Waals surface area contributed by atoms with Crippen LogP contribution in [0.15, 0.2) is 60.1 Å². The summed E-state index contributed by atoms with van der Waals surface area (Å²) in [5.41, 5.74) is 2.13. The smallest absolute Gasteiger partial charge is 0.257 e. The second-order valence-electron chi connectivity index (χ2n) is 5.73. The average molecular weight is 381 g/mol. The van der Waals surface area contributed by atoms with Crippen molar-refractivity contribution in [3.8, 4) is 5.75 Å². The van der Waals surface area contributed by atoms with Crippen LogP contribution < -0.4 is 15.4 Å². The van der Waals surface area contributed by atoms with E-state index in [0.717, 1.165) is 11.3 Å². The highest BCUT2D eigenvalue weighted by Gasteiger charge is 2.09. The van der Waals surface area contributed by atoms with E-state index in [9.17, 15) is 9.59 Å². The fourth-order valence-corrected chi connectivity index (χ4v) is 3.06. The van der Waals surface area contributed by atoms with Crippen LogP contribution in [0.25, 0.3) is 0 Å². The first kappa shape index (κ1) is 18.6. The van der Waals surface area contributed by atoms with Gasteiger partial charge >= 0.3 is 0 Å². The molecule has 0 saturated heterocycles. The molecule has 0 aliphatic carbocycles. The summed E-state index contributed by atoms with van der Waals surface area (Å²) >= 11 is 1.35. The van der Waals surface area contributed by atoms with E-state index in [0.29, 0.717) is 29.2 Å². The third-order valence-electron chi connectivity index (χ3n) is 3.90. The highest BCUT2D eigenvalue weighted by molar-refractivity contribution is 7.13. The molecule has 2 amide bonds. The molecule has 0 fully saturated rings. The van der Waals surface area contributed by atoms with E-state index in [2.05, 4.69) is 15.6 Å². The molecule has 1 aromatic heterocycles. The maximum absolute atomic E-state index is 12.2. The average Bonchev–Trinajstić information content (AvgIpc) is 3.20. The number of aromatic nitrogens is 1. The van der Waals surface area contributed by atoms with Crippen LogP contribution in [0, 0.1) is 0 Å². The second kappa shape index (κ2) is 8.95.